The van der Waals surface area contributed by atoms with Gasteiger partial charge >= 0.3 is 0 Å². The molecule has 0 N–H and O–H groups in total. The minimum atomic E-state index is 0.851. The van der Waals surface area contributed by atoms with E-state index in [0.29, 0.717) is 0 Å². The highest BCUT2D eigenvalue weighted by atomic mass is 15.3. The van der Waals surface area contributed by atoms with Gasteiger partial charge in [0.05, 0.1) is 16.6 Å². The molecule has 0 saturated heterocycles. The van der Waals surface area contributed by atoms with Crippen LogP contribution in [0.5, 0.6) is 0 Å². The second-order valence-corrected chi connectivity index (χ2v) is 11.4. The Hall–Kier alpha value is -6.00. The summed E-state index contributed by atoms with van der Waals surface area (Å²) >= 11 is 0. The fraction of sp³-hybridized carbons (Fsp3) is 0. The quantitative estimate of drug-likeness (QED) is 0.211. The third kappa shape index (κ3) is 3.06. The lowest BCUT2D eigenvalue weighted by molar-refractivity contribution is 0.901. The molecule has 44 heavy (non-hydrogen) atoms. The smallest absolute Gasteiger partial charge is 0.166 e. The Kier molecular flexibility index (Phi) is 4.69. The second-order valence-electron chi connectivity index (χ2n) is 11.4. The second kappa shape index (κ2) is 8.76. The maximum Gasteiger partial charge on any atom is 0.166 e. The first-order valence-electron chi connectivity index (χ1n) is 15.0. The number of fused-ring (bicyclic) bond motifs is 11. The highest BCUT2D eigenvalue weighted by molar-refractivity contribution is 6.28. The van der Waals surface area contributed by atoms with Crippen LogP contribution < -0.4 is 0 Å². The van der Waals surface area contributed by atoms with E-state index in [2.05, 4.69) is 144 Å². The summed E-state index contributed by atoms with van der Waals surface area (Å²) in [5.41, 5.74) is 11.9. The van der Waals surface area contributed by atoms with Gasteiger partial charge in [0.1, 0.15) is 11.3 Å². The highest BCUT2D eigenvalue weighted by Crippen LogP contribution is 2.53. The van der Waals surface area contributed by atoms with E-state index in [-0.39, 0.29) is 0 Å². The zero-order valence-corrected chi connectivity index (χ0v) is 23.6. The molecule has 1 aliphatic rings. The third-order valence-corrected chi connectivity index (χ3v) is 9.09. The maximum atomic E-state index is 5.56. The summed E-state index contributed by atoms with van der Waals surface area (Å²) in [5.74, 6) is 0. The molecule has 0 unspecified atom stereocenters. The van der Waals surface area contributed by atoms with E-state index in [0.717, 1.165) is 50.2 Å². The molecule has 0 spiro atoms. The van der Waals surface area contributed by atoms with Crippen molar-refractivity contribution in [2.45, 2.75) is 0 Å². The van der Waals surface area contributed by atoms with Crippen molar-refractivity contribution in [3.8, 4) is 44.9 Å². The zero-order valence-electron chi connectivity index (χ0n) is 23.6. The topological polar surface area (TPSA) is 35.6 Å². The van der Waals surface area contributed by atoms with Crippen molar-refractivity contribution in [3.05, 3.63) is 146 Å². The molecule has 9 aromatic rings. The van der Waals surface area contributed by atoms with Crippen LogP contribution in [0.15, 0.2) is 146 Å². The van der Waals surface area contributed by atoms with Crippen LogP contribution in [0.4, 0.5) is 0 Å². The number of hydrogen-bond acceptors (Lipinski definition) is 2. The van der Waals surface area contributed by atoms with Gasteiger partial charge in [0.25, 0.3) is 0 Å². The van der Waals surface area contributed by atoms with Crippen molar-refractivity contribution >= 4 is 43.7 Å². The molecule has 3 aromatic heterocycles. The molecule has 0 fully saturated rings. The molecular weight excluding hydrogens is 536 g/mol. The van der Waals surface area contributed by atoms with Gasteiger partial charge in [-0.2, -0.15) is 5.10 Å². The zero-order chi connectivity index (χ0) is 28.8. The lowest BCUT2D eigenvalue weighted by Crippen LogP contribution is -2.01. The van der Waals surface area contributed by atoms with Crippen LogP contribution in [-0.4, -0.2) is 19.3 Å². The number of para-hydroxylation sites is 3. The van der Waals surface area contributed by atoms with Gasteiger partial charge in [-0.3, -0.25) is 4.57 Å². The summed E-state index contributed by atoms with van der Waals surface area (Å²) in [6.45, 7) is 0. The molecule has 4 heteroatoms. The SMILES string of the molecule is c1ccc(-n2nc3c4c(c5c6ccccc6n(-c6ccccc6)c5nc42)-c2c(ccc4ccccc24)-c2ccccc2-3)cc1. The normalized spacial score (nSPS) is 12.1. The minimum absolute atomic E-state index is 0.851. The maximum absolute atomic E-state index is 5.56. The average molecular weight is 561 g/mol. The molecule has 204 valence electrons. The van der Waals surface area contributed by atoms with Crippen molar-refractivity contribution in [3.63, 3.8) is 0 Å². The number of nitrogens with zero attached hydrogens (tertiary/aromatic N) is 4. The molecule has 0 aliphatic heterocycles. The molecule has 0 amide bonds. The summed E-state index contributed by atoms with van der Waals surface area (Å²) in [7, 11) is 0. The number of aromatic nitrogens is 4. The first-order valence-corrected chi connectivity index (χ1v) is 15.0. The van der Waals surface area contributed by atoms with Crippen LogP contribution in [-0.2, 0) is 0 Å². The summed E-state index contributed by atoms with van der Waals surface area (Å²) < 4.78 is 4.35. The van der Waals surface area contributed by atoms with Gasteiger partial charge in [0.15, 0.2) is 5.65 Å². The summed E-state index contributed by atoms with van der Waals surface area (Å²) in [4.78, 5) is 5.56. The van der Waals surface area contributed by atoms with Crippen molar-refractivity contribution < 1.29 is 0 Å². The minimum Gasteiger partial charge on any atom is -0.294 e. The van der Waals surface area contributed by atoms with Gasteiger partial charge in [-0.1, -0.05) is 115 Å². The number of pyridine rings is 1. The summed E-state index contributed by atoms with van der Waals surface area (Å²) in [6.07, 6.45) is 0. The molecule has 0 atom stereocenters. The van der Waals surface area contributed by atoms with Crippen LogP contribution in [0.1, 0.15) is 0 Å². The molecule has 6 aromatic carbocycles. The molecule has 10 rings (SSSR count). The fourth-order valence-corrected chi connectivity index (χ4v) is 7.26. The molecule has 4 nitrogen and oxygen atoms in total. The van der Waals surface area contributed by atoms with Crippen molar-refractivity contribution in [2.24, 2.45) is 0 Å². The number of rotatable bonds is 2. The van der Waals surface area contributed by atoms with Crippen LogP contribution in [0.2, 0.25) is 0 Å². The highest BCUT2D eigenvalue weighted by Gasteiger charge is 2.31. The monoisotopic (exact) mass is 560 g/mol. The Morgan fingerprint density at radius 3 is 1.91 bits per heavy atom. The van der Waals surface area contributed by atoms with Crippen molar-refractivity contribution in [1.29, 1.82) is 0 Å². The Morgan fingerprint density at radius 1 is 0.432 bits per heavy atom. The van der Waals surface area contributed by atoms with E-state index in [1.807, 2.05) is 10.7 Å². The van der Waals surface area contributed by atoms with E-state index in [9.17, 15) is 0 Å². The Bertz CT molecular complexity index is 2590. The van der Waals surface area contributed by atoms with Crippen molar-refractivity contribution in [2.75, 3.05) is 0 Å². The van der Waals surface area contributed by atoms with Gasteiger partial charge in [-0.25, -0.2) is 9.67 Å². The predicted molar refractivity (Wildman–Crippen MR) is 181 cm³/mol. The fourth-order valence-electron chi connectivity index (χ4n) is 7.26. The standard InChI is InChI=1S/C40H24N4/c1-3-14-26(15-4-1)43-33-22-12-11-21-32(33)35-36-34-28-18-8-7-13-25(28)23-24-30(34)29-19-9-10-20-31(29)38-37(36)40(41-39(35)43)44(42-38)27-16-5-2-6-17-27/h1-24H. The van der Waals surface area contributed by atoms with Crippen LogP contribution >= 0.6 is 0 Å². The van der Waals surface area contributed by atoms with Crippen LogP contribution in [0.3, 0.4) is 0 Å². The Balaban J connectivity index is 1.54. The first kappa shape index (κ1) is 23.6. The number of hydrogen-bond donors (Lipinski definition) is 0. The largest absolute Gasteiger partial charge is 0.294 e. The van der Waals surface area contributed by atoms with Crippen LogP contribution in [0, 0.1) is 0 Å². The number of benzene rings is 6. The van der Waals surface area contributed by atoms with Gasteiger partial charge in [0, 0.05) is 27.6 Å². The van der Waals surface area contributed by atoms with Crippen molar-refractivity contribution in [1.82, 2.24) is 19.3 Å². The van der Waals surface area contributed by atoms with Crippen LogP contribution in [0.25, 0.3) is 88.6 Å². The molecular formula is C40H24N4. The Labute approximate surface area is 253 Å². The predicted octanol–water partition coefficient (Wildman–Crippen LogP) is 9.99. The first-order chi connectivity index (χ1) is 21.9. The molecule has 0 radical (unpaired) electrons. The van der Waals surface area contributed by atoms with Gasteiger partial charge in [-0.15, -0.1) is 0 Å². The lowest BCUT2D eigenvalue weighted by Gasteiger charge is -2.16. The van der Waals surface area contributed by atoms with Gasteiger partial charge < -0.3 is 0 Å². The van der Waals surface area contributed by atoms with E-state index in [1.165, 1.54) is 38.4 Å². The third-order valence-electron chi connectivity index (χ3n) is 9.09. The average Bonchev–Trinajstić information content (AvgIpc) is 3.60. The molecule has 1 aliphatic carbocycles. The molecule has 0 saturated carbocycles. The molecule has 0 bridgehead atoms. The van der Waals surface area contributed by atoms with E-state index in [1.54, 1.807) is 0 Å². The molecule has 3 heterocycles. The Morgan fingerprint density at radius 2 is 1.09 bits per heavy atom. The summed E-state index contributed by atoms with van der Waals surface area (Å²) in [5, 5.41) is 11.2. The summed E-state index contributed by atoms with van der Waals surface area (Å²) in [6, 6.07) is 51.6. The van der Waals surface area contributed by atoms with E-state index < -0.39 is 0 Å². The lowest BCUT2D eigenvalue weighted by atomic mass is 9.88. The van der Waals surface area contributed by atoms with E-state index in [4.69, 9.17) is 10.1 Å². The van der Waals surface area contributed by atoms with Gasteiger partial charge in [-0.05, 0) is 57.8 Å². The van der Waals surface area contributed by atoms with Gasteiger partial charge in [0.2, 0.25) is 0 Å². The van der Waals surface area contributed by atoms with E-state index >= 15 is 0 Å².